The summed E-state index contributed by atoms with van der Waals surface area (Å²) in [5, 5.41) is 0. The Kier molecular flexibility index (Phi) is 2.99. The monoisotopic (exact) mass is 251 g/mol. The molecule has 100 valence electrons. The van der Waals surface area contributed by atoms with Gasteiger partial charge in [0.25, 0.3) is 0 Å². The van der Waals surface area contributed by atoms with Crippen molar-refractivity contribution in [3.63, 3.8) is 0 Å². The first kappa shape index (κ1) is 13.1. The van der Waals surface area contributed by atoms with Crippen molar-refractivity contribution in [2.24, 2.45) is 0 Å². The highest BCUT2D eigenvalue weighted by Crippen LogP contribution is 2.40. The number of Topliss-reactive ketones (excluding diaryl/α,β-unsaturated/α-hetero) is 1. The molecule has 1 amide bonds. The van der Waals surface area contributed by atoms with E-state index < -0.39 is 11.1 Å². The average molecular weight is 251 g/mol. The van der Waals surface area contributed by atoms with Crippen molar-refractivity contribution in [1.29, 1.82) is 0 Å². The summed E-state index contributed by atoms with van der Waals surface area (Å²) >= 11 is 0. The second-order valence-electron chi connectivity index (χ2n) is 6.15. The molecule has 2 aliphatic rings. The minimum Gasteiger partial charge on any atom is -0.444 e. The first-order chi connectivity index (χ1) is 8.27. The molecule has 0 N–H and O–H groups in total. The maximum absolute atomic E-state index is 12.3. The lowest BCUT2D eigenvalue weighted by atomic mass is 9.85. The van der Waals surface area contributed by atoms with E-state index in [4.69, 9.17) is 4.74 Å². The Morgan fingerprint density at radius 3 is 2.78 bits per heavy atom. The highest BCUT2D eigenvalue weighted by molar-refractivity contribution is 5.86. The van der Waals surface area contributed by atoms with Crippen molar-refractivity contribution < 1.29 is 14.3 Å². The molecule has 0 spiro atoms. The number of ether oxygens (including phenoxy) is 1. The number of amides is 1. The first-order valence-electron chi connectivity index (χ1n) is 6.51. The molecule has 0 aromatic rings. The van der Waals surface area contributed by atoms with Gasteiger partial charge in [-0.15, -0.1) is 0 Å². The normalized spacial score (nSPS) is 30.8. The van der Waals surface area contributed by atoms with Crippen molar-refractivity contribution >= 4 is 11.9 Å². The molecule has 1 fully saturated rings. The van der Waals surface area contributed by atoms with Gasteiger partial charge in [0.1, 0.15) is 11.4 Å². The van der Waals surface area contributed by atoms with Gasteiger partial charge >= 0.3 is 6.09 Å². The molecule has 0 aliphatic carbocycles. The Hall–Kier alpha value is -1.32. The van der Waals surface area contributed by atoms with Crippen LogP contribution in [0.4, 0.5) is 4.79 Å². The molecule has 0 saturated carbocycles. The number of nitrogens with zero attached hydrogens (tertiary/aromatic N) is 1. The van der Waals surface area contributed by atoms with E-state index >= 15 is 0 Å². The van der Waals surface area contributed by atoms with Gasteiger partial charge in [0.15, 0.2) is 0 Å². The van der Waals surface area contributed by atoms with E-state index in [0.717, 1.165) is 6.42 Å². The van der Waals surface area contributed by atoms with E-state index in [2.05, 4.69) is 0 Å². The fourth-order valence-corrected chi connectivity index (χ4v) is 2.78. The minimum absolute atomic E-state index is 0.124. The Bertz CT molecular complexity index is 408. The van der Waals surface area contributed by atoms with E-state index in [1.165, 1.54) is 0 Å². The molecule has 18 heavy (non-hydrogen) atoms. The van der Waals surface area contributed by atoms with Crippen LogP contribution in [0.25, 0.3) is 0 Å². The van der Waals surface area contributed by atoms with Crippen LogP contribution in [0, 0.1) is 0 Å². The molecule has 0 radical (unpaired) electrons. The molecule has 2 unspecified atom stereocenters. The molecule has 1 saturated heterocycles. The minimum atomic E-state index is -0.507. The van der Waals surface area contributed by atoms with Crippen LogP contribution in [-0.4, -0.2) is 34.0 Å². The summed E-state index contributed by atoms with van der Waals surface area (Å²) in [5.74, 6) is 0.228. The molecule has 2 aliphatic heterocycles. The van der Waals surface area contributed by atoms with Crippen molar-refractivity contribution in [3.8, 4) is 0 Å². The van der Waals surface area contributed by atoms with Crippen molar-refractivity contribution in [1.82, 2.24) is 4.90 Å². The first-order valence-corrected chi connectivity index (χ1v) is 6.51. The van der Waals surface area contributed by atoms with E-state index in [9.17, 15) is 9.59 Å². The zero-order valence-corrected chi connectivity index (χ0v) is 11.5. The fraction of sp³-hybridized carbons (Fsp3) is 0.714. The van der Waals surface area contributed by atoms with Gasteiger partial charge in [-0.1, -0.05) is 19.1 Å². The van der Waals surface area contributed by atoms with Crippen molar-refractivity contribution in [2.45, 2.75) is 64.1 Å². The van der Waals surface area contributed by atoms with Crippen LogP contribution in [0.1, 0.15) is 47.0 Å². The highest BCUT2D eigenvalue weighted by atomic mass is 16.6. The number of carbonyl (C=O) groups excluding carboxylic acids is 2. The van der Waals surface area contributed by atoms with Crippen LogP contribution in [-0.2, 0) is 9.53 Å². The van der Waals surface area contributed by atoms with Gasteiger partial charge in [0.05, 0.1) is 11.6 Å². The second-order valence-corrected chi connectivity index (χ2v) is 6.15. The topological polar surface area (TPSA) is 46.6 Å². The Labute approximate surface area is 108 Å². The summed E-state index contributed by atoms with van der Waals surface area (Å²) in [5.41, 5.74) is -0.963. The van der Waals surface area contributed by atoms with E-state index in [1.807, 2.05) is 39.8 Å². The van der Waals surface area contributed by atoms with Crippen LogP contribution in [0.3, 0.4) is 0 Å². The van der Waals surface area contributed by atoms with E-state index in [1.54, 1.807) is 4.90 Å². The molecule has 4 nitrogen and oxygen atoms in total. The Morgan fingerprint density at radius 2 is 2.22 bits per heavy atom. The summed E-state index contributed by atoms with van der Waals surface area (Å²) in [7, 11) is 0. The van der Waals surface area contributed by atoms with Crippen LogP contribution >= 0.6 is 0 Å². The molecule has 0 aromatic heterocycles. The highest BCUT2D eigenvalue weighted by Gasteiger charge is 2.50. The van der Waals surface area contributed by atoms with Crippen LogP contribution in [0.2, 0.25) is 0 Å². The third-order valence-corrected chi connectivity index (χ3v) is 3.58. The largest absolute Gasteiger partial charge is 0.444 e. The van der Waals surface area contributed by atoms with Gasteiger partial charge in [-0.2, -0.15) is 0 Å². The average Bonchev–Trinajstić information content (AvgIpc) is 2.46. The van der Waals surface area contributed by atoms with E-state index in [-0.39, 0.29) is 17.9 Å². The lowest BCUT2D eigenvalue weighted by molar-refractivity contribution is -0.125. The Morgan fingerprint density at radius 1 is 1.56 bits per heavy atom. The SMILES string of the molecule is CCC12C=CC(CC(=O)C1)N2C(=O)OC(C)(C)C. The summed E-state index contributed by atoms with van der Waals surface area (Å²) in [6.45, 7) is 7.57. The maximum atomic E-state index is 12.3. The predicted molar refractivity (Wildman–Crippen MR) is 68.3 cm³/mol. The summed E-state index contributed by atoms with van der Waals surface area (Å²) in [6.07, 6.45) is 5.23. The number of hydrogen-bond donors (Lipinski definition) is 0. The van der Waals surface area contributed by atoms with Crippen LogP contribution < -0.4 is 0 Å². The summed E-state index contributed by atoms with van der Waals surface area (Å²) in [4.78, 5) is 25.8. The van der Waals surface area contributed by atoms with Crippen molar-refractivity contribution in [3.05, 3.63) is 12.2 Å². The standard InChI is InChI=1S/C14H21NO3/c1-5-14-7-6-10(8-11(16)9-14)15(14)12(17)18-13(2,3)4/h6-7,10H,5,8-9H2,1-4H3. The lowest BCUT2D eigenvalue weighted by Gasteiger charge is -2.43. The molecule has 2 atom stereocenters. The van der Waals surface area contributed by atoms with Crippen molar-refractivity contribution in [2.75, 3.05) is 0 Å². The number of carbonyl (C=O) groups is 2. The number of ketones is 1. The molecular formula is C14H21NO3. The fourth-order valence-electron chi connectivity index (χ4n) is 2.78. The second kappa shape index (κ2) is 4.11. The third kappa shape index (κ3) is 2.16. The molecule has 2 bridgehead atoms. The summed E-state index contributed by atoms with van der Waals surface area (Å²) < 4.78 is 5.46. The predicted octanol–water partition coefficient (Wildman–Crippen LogP) is 2.67. The molecule has 2 rings (SSSR count). The molecular weight excluding hydrogens is 230 g/mol. The number of hydrogen-bond acceptors (Lipinski definition) is 3. The number of piperidine rings is 1. The quantitative estimate of drug-likeness (QED) is 0.673. The van der Waals surface area contributed by atoms with Gasteiger partial charge in [0.2, 0.25) is 0 Å². The molecule has 2 heterocycles. The van der Waals surface area contributed by atoms with Gasteiger partial charge in [-0.3, -0.25) is 9.69 Å². The number of fused-ring (bicyclic) bond motifs is 2. The van der Waals surface area contributed by atoms with Gasteiger partial charge in [-0.05, 0) is 27.2 Å². The molecule has 4 heteroatoms. The molecule has 0 aromatic carbocycles. The smallest absolute Gasteiger partial charge is 0.411 e. The van der Waals surface area contributed by atoms with Gasteiger partial charge < -0.3 is 4.74 Å². The maximum Gasteiger partial charge on any atom is 0.411 e. The zero-order chi connectivity index (χ0) is 13.6. The summed E-state index contributed by atoms with van der Waals surface area (Å²) in [6, 6.07) is -0.124. The van der Waals surface area contributed by atoms with Gasteiger partial charge in [-0.25, -0.2) is 4.79 Å². The van der Waals surface area contributed by atoms with E-state index in [0.29, 0.717) is 12.8 Å². The van der Waals surface area contributed by atoms with Gasteiger partial charge in [0, 0.05) is 12.8 Å². The zero-order valence-electron chi connectivity index (χ0n) is 11.5. The van der Waals surface area contributed by atoms with Crippen LogP contribution in [0.15, 0.2) is 12.2 Å². The lowest BCUT2D eigenvalue weighted by Crippen LogP contribution is -2.57. The Balaban J connectivity index is 2.23. The van der Waals surface area contributed by atoms with Crippen LogP contribution in [0.5, 0.6) is 0 Å². The third-order valence-electron chi connectivity index (χ3n) is 3.58. The number of rotatable bonds is 1.